The van der Waals surface area contributed by atoms with Gasteiger partial charge in [-0.3, -0.25) is 4.79 Å². The summed E-state index contributed by atoms with van der Waals surface area (Å²) in [5.41, 5.74) is 5.59. The van der Waals surface area contributed by atoms with E-state index in [1.54, 1.807) is 25.1 Å². The zero-order valence-corrected chi connectivity index (χ0v) is 25.3. The minimum atomic E-state index is -0.402. The summed E-state index contributed by atoms with van der Waals surface area (Å²) >= 11 is 1.55. The molecule has 0 fully saturated rings. The number of allylic oxidation sites excluding steroid dienone is 2. The third-order valence-electron chi connectivity index (χ3n) is 7.78. The van der Waals surface area contributed by atoms with Crippen molar-refractivity contribution in [1.82, 2.24) is 19.7 Å². The Morgan fingerprint density at radius 1 is 1.02 bits per heavy atom. The molecule has 0 spiro atoms. The number of hydrogen-bond donors (Lipinski definition) is 1. The Bertz CT molecular complexity index is 1850. The molecule has 0 radical (unpaired) electrons. The van der Waals surface area contributed by atoms with Crippen LogP contribution in [0, 0.1) is 0 Å². The fourth-order valence-electron chi connectivity index (χ4n) is 5.67. The average molecular weight is 606 g/mol. The minimum absolute atomic E-state index is 0.133. The van der Waals surface area contributed by atoms with Crippen LogP contribution in [-0.4, -0.2) is 39.2 Å². The largest absolute Gasteiger partial charge is 0.493 e. The summed E-state index contributed by atoms with van der Waals surface area (Å²) in [4.78, 5) is 22.5. The SMILES string of the molecule is CCOc1ccc([C@@H]2C3=C(CCCC3=O)Nc3nc(SCc4ccc(-c5ncc(-c6ccccc6)o5)cc4)nn32)cc1OC. The number of oxazole rings is 1. The van der Waals surface area contributed by atoms with Gasteiger partial charge in [-0.25, -0.2) is 9.67 Å². The highest BCUT2D eigenvalue weighted by Gasteiger charge is 2.37. The number of Topliss-reactive ketones (excluding diaryl/α,β-unsaturated/α-hetero) is 1. The lowest BCUT2D eigenvalue weighted by Gasteiger charge is -2.32. The molecule has 1 N–H and O–H groups in total. The number of methoxy groups -OCH3 is 1. The van der Waals surface area contributed by atoms with Crippen molar-refractivity contribution in [2.45, 2.75) is 43.1 Å². The maximum absolute atomic E-state index is 13.2. The summed E-state index contributed by atoms with van der Waals surface area (Å²) in [6.07, 6.45) is 3.89. The Balaban J connectivity index is 1.11. The molecule has 9 nitrogen and oxygen atoms in total. The molecule has 1 atom stereocenters. The zero-order valence-electron chi connectivity index (χ0n) is 24.4. The second-order valence-electron chi connectivity index (χ2n) is 10.6. The molecule has 2 aromatic heterocycles. The summed E-state index contributed by atoms with van der Waals surface area (Å²) in [6.45, 7) is 2.47. The van der Waals surface area contributed by atoms with Gasteiger partial charge in [0.2, 0.25) is 17.0 Å². The lowest BCUT2D eigenvalue weighted by molar-refractivity contribution is -0.116. The van der Waals surface area contributed by atoms with Gasteiger partial charge in [0.05, 0.1) is 19.9 Å². The number of nitrogens with zero attached hydrogens (tertiary/aromatic N) is 4. The Kier molecular flexibility index (Phi) is 7.66. The van der Waals surface area contributed by atoms with Crippen molar-refractivity contribution in [1.29, 1.82) is 0 Å². The number of anilines is 1. The van der Waals surface area contributed by atoms with Gasteiger partial charge in [0.15, 0.2) is 23.0 Å². The molecule has 7 rings (SSSR count). The van der Waals surface area contributed by atoms with Crippen molar-refractivity contribution in [3.63, 3.8) is 0 Å². The lowest BCUT2D eigenvalue weighted by atomic mass is 9.85. The Labute approximate surface area is 259 Å². The molecule has 1 aliphatic carbocycles. The van der Waals surface area contributed by atoms with Gasteiger partial charge in [-0.2, -0.15) is 4.98 Å². The van der Waals surface area contributed by atoms with E-state index in [0.717, 1.165) is 52.1 Å². The second kappa shape index (κ2) is 12.0. The van der Waals surface area contributed by atoms with Crippen LogP contribution in [0.25, 0.3) is 22.8 Å². The van der Waals surface area contributed by atoms with E-state index in [0.29, 0.717) is 47.3 Å². The van der Waals surface area contributed by atoms with Gasteiger partial charge in [-0.1, -0.05) is 60.3 Å². The molecule has 222 valence electrons. The number of fused-ring (bicyclic) bond motifs is 1. The van der Waals surface area contributed by atoms with Crippen molar-refractivity contribution in [2.75, 3.05) is 19.0 Å². The molecule has 0 unspecified atom stereocenters. The Morgan fingerprint density at radius 2 is 1.86 bits per heavy atom. The third-order valence-corrected chi connectivity index (χ3v) is 8.69. The van der Waals surface area contributed by atoms with Crippen molar-refractivity contribution >= 4 is 23.5 Å². The number of carbonyl (C=O) groups is 1. The van der Waals surface area contributed by atoms with E-state index < -0.39 is 6.04 Å². The van der Waals surface area contributed by atoms with Gasteiger partial charge in [-0.05, 0) is 55.2 Å². The molecule has 0 saturated heterocycles. The van der Waals surface area contributed by atoms with Crippen LogP contribution in [0.5, 0.6) is 11.5 Å². The zero-order chi connectivity index (χ0) is 30.0. The summed E-state index contributed by atoms with van der Waals surface area (Å²) < 4.78 is 19.2. The Hall–Kier alpha value is -4.83. The van der Waals surface area contributed by atoms with Crippen LogP contribution >= 0.6 is 11.8 Å². The highest BCUT2D eigenvalue weighted by Crippen LogP contribution is 2.42. The first-order valence-electron chi connectivity index (χ1n) is 14.6. The van der Waals surface area contributed by atoms with Gasteiger partial charge in [-0.15, -0.1) is 5.10 Å². The van der Waals surface area contributed by atoms with E-state index in [-0.39, 0.29) is 5.78 Å². The van der Waals surface area contributed by atoms with Gasteiger partial charge in [0, 0.05) is 34.6 Å². The molecular formula is C34H31N5O4S. The van der Waals surface area contributed by atoms with Gasteiger partial charge in [0.25, 0.3) is 0 Å². The monoisotopic (exact) mass is 605 g/mol. The molecule has 3 heterocycles. The molecule has 0 bridgehead atoms. The van der Waals surface area contributed by atoms with E-state index >= 15 is 0 Å². The number of aromatic nitrogens is 4. The summed E-state index contributed by atoms with van der Waals surface area (Å²) in [5, 5.41) is 8.92. The molecule has 0 saturated carbocycles. The molecule has 0 amide bonds. The van der Waals surface area contributed by atoms with Crippen LogP contribution in [0.15, 0.2) is 99.8 Å². The molecular weight excluding hydrogens is 574 g/mol. The smallest absolute Gasteiger partial charge is 0.227 e. The van der Waals surface area contributed by atoms with E-state index in [2.05, 4.69) is 22.4 Å². The first-order chi connectivity index (χ1) is 21.6. The number of thioether (sulfide) groups is 1. The highest BCUT2D eigenvalue weighted by atomic mass is 32.2. The van der Waals surface area contributed by atoms with Gasteiger partial charge in [0.1, 0.15) is 6.04 Å². The number of hydrogen-bond acceptors (Lipinski definition) is 9. The van der Waals surface area contributed by atoms with Crippen LogP contribution in [0.4, 0.5) is 5.95 Å². The molecule has 3 aromatic carbocycles. The first kappa shape index (κ1) is 28.0. The van der Waals surface area contributed by atoms with Crippen LogP contribution in [0.3, 0.4) is 0 Å². The second-order valence-corrected chi connectivity index (χ2v) is 11.5. The Morgan fingerprint density at radius 3 is 2.66 bits per heavy atom. The van der Waals surface area contributed by atoms with Gasteiger partial charge >= 0.3 is 0 Å². The van der Waals surface area contributed by atoms with E-state index in [1.165, 1.54) is 0 Å². The first-order valence-corrected chi connectivity index (χ1v) is 15.6. The third kappa shape index (κ3) is 5.37. The van der Waals surface area contributed by atoms with Crippen LogP contribution in [-0.2, 0) is 10.5 Å². The van der Waals surface area contributed by atoms with Crippen molar-refractivity contribution < 1.29 is 18.7 Å². The highest BCUT2D eigenvalue weighted by molar-refractivity contribution is 7.98. The van der Waals surface area contributed by atoms with Crippen molar-refractivity contribution in [3.8, 4) is 34.3 Å². The van der Waals surface area contributed by atoms with Crippen molar-refractivity contribution in [3.05, 3.63) is 101 Å². The summed E-state index contributed by atoms with van der Waals surface area (Å²) in [7, 11) is 1.62. The predicted octanol–water partition coefficient (Wildman–Crippen LogP) is 7.32. The fourth-order valence-corrected chi connectivity index (χ4v) is 6.45. The maximum atomic E-state index is 13.2. The van der Waals surface area contributed by atoms with Gasteiger partial charge < -0.3 is 19.2 Å². The number of rotatable bonds is 9. The fraction of sp³-hybridized carbons (Fsp3) is 0.235. The standard InChI is InChI=1S/C34H31N5O4S/c1-3-42-27-17-16-24(18-28(27)41-2)31-30-25(10-7-11-26(30)40)36-33-37-34(38-39(31)33)44-20-21-12-14-23(15-13-21)32-35-19-29(43-32)22-8-5-4-6-9-22/h4-6,8-9,12-19,31H,3,7,10-11,20H2,1-2H3,(H,36,37,38)/t31-/m1/s1. The molecule has 1 aliphatic heterocycles. The summed E-state index contributed by atoms with van der Waals surface area (Å²) in [5.74, 6) is 4.05. The quantitative estimate of drug-likeness (QED) is 0.173. The normalized spacial score (nSPS) is 15.9. The number of nitrogens with one attached hydrogen (secondary N) is 1. The maximum Gasteiger partial charge on any atom is 0.227 e. The predicted molar refractivity (Wildman–Crippen MR) is 169 cm³/mol. The average Bonchev–Trinajstić information content (AvgIpc) is 3.72. The topological polar surface area (TPSA) is 104 Å². The lowest BCUT2D eigenvalue weighted by Crippen LogP contribution is -2.31. The number of ether oxygens (including phenoxy) is 2. The summed E-state index contributed by atoms with van der Waals surface area (Å²) in [6, 6.07) is 23.5. The van der Waals surface area contributed by atoms with E-state index in [4.69, 9.17) is 24.0 Å². The van der Waals surface area contributed by atoms with Crippen molar-refractivity contribution in [2.24, 2.45) is 0 Å². The number of ketones is 1. The van der Waals surface area contributed by atoms with Crippen LogP contribution < -0.4 is 14.8 Å². The van der Waals surface area contributed by atoms with E-state index in [9.17, 15) is 4.79 Å². The van der Waals surface area contributed by atoms with E-state index in [1.807, 2.05) is 72.3 Å². The number of carbonyl (C=O) groups excluding carboxylic acids is 1. The van der Waals surface area contributed by atoms with Crippen LogP contribution in [0.1, 0.15) is 43.4 Å². The molecule has 44 heavy (non-hydrogen) atoms. The molecule has 5 aromatic rings. The molecule has 10 heteroatoms. The number of benzene rings is 3. The minimum Gasteiger partial charge on any atom is -0.493 e. The van der Waals surface area contributed by atoms with Crippen LogP contribution in [0.2, 0.25) is 0 Å². The molecule has 2 aliphatic rings.